The minimum absolute atomic E-state index is 0.630. The minimum atomic E-state index is 0.630. The largest absolute Gasteiger partial charge is 0.0996 e. The molecule has 0 N–H and O–H groups in total. The predicted molar refractivity (Wildman–Crippen MR) is 62.2 cm³/mol. The fourth-order valence-electron chi connectivity index (χ4n) is 4.05. The Labute approximate surface area is 88.8 Å². The molecule has 0 aromatic rings. The van der Waals surface area contributed by atoms with Gasteiger partial charge in [-0.15, -0.1) is 0 Å². The number of rotatable bonds is 2. The number of fused-ring (bicyclic) bond motifs is 1. The van der Waals surface area contributed by atoms with Crippen LogP contribution in [0, 0.1) is 17.3 Å². The van der Waals surface area contributed by atoms with E-state index < -0.39 is 0 Å². The van der Waals surface area contributed by atoms with Crippen molar-refractivity contribution in [2.75, 3.05) is 0 Å². The fraction of sp³-hybridized carbons (Fsp3) is 0.857. The molecule has 2 fully saturated rings. The van der Waals surface area contributed by atoms with Gasteiger partial charge in [0.1, 0.15) is 0 Å². The van der Waals surface area contributed by atoms with Gasteiger partial charge in [0.15, 0.2) is 0 Å². The molecule has 0 radical (unpaired) electrons. The maximum atomic E-state index is 4.30. The molecule has 3 atom stereocenters. The van der Waals surface area contributed by atoms with Gasteiger partial charge in [0.2, 0.25) is 0 Å². The summed E-state index contributed by atoms with van der Waals surface area (Å²) in [4.78, 5) is 0. The molecule has 0 bridgehead atoms. The second kappa shape index (κ2) is 3.72. The molecule has 2 saturated carbocycles. The number of allylic oxidation sites excluding steroid dienone is 1. The van der Waals surface area contributed by atoms with Crippen LogP contribution < -0.4 is 0 Å². The van der Waals surface area contributed by atoms with Crippen molar-refractivity contribution < 1.29 is 0 Å². The summed E-state index contributed by atoms with van der Waals surface area (Å²) in [6, 6.07) is 0. The lowest BCUT2D eigenvalue weighted by molar-refractivity contribution is 0.129. The summed E-state index contributed by atoms with van der Waals surface area (Å²) in [5.41, 5.74) is 2.20. The molecule has 1 unspecified atom stereocenters. The van der Waals surface area contributed by atoms with Crippen molar-refractivity contribution in [3.05, 3.63) is 12.2 Å². The van der Waals surface area contributed by atoms with Crippen LogP contribution in [0.5, 0.6) is 0 Å². The molecule has 0 nitrogen and oxygen atoms in total. The zero-order chi connectivity index (χ0) is 10.2. The molecule has 80 valence electrons. The Hall–Kier alpha value is -0.260. The summed E-state index contributed by atoms with van der Waals surface area (Å²) in [5, 5.41) is 0. The highest BCUT2D eigenvalue weighted by Crippen LogP contribution is 2.58. The second-order valence-corrected chi connectivity index (χ2v) is 5.63. The van der Waals surface area contributed by atoms with Gasteiger partial charge < -0.3 is 0 Å². The van der Waals surface area contributed by atoms with Crippen molar-refractivity contribution in [2.24, 2.45) is 17.3 Å². The normalized spacial score (nSPS) is 42.6. The van der Waals surface area contributed by atoms with Crippen molar-refractivity contribution in [1.82, 2.24) is 0 Å². The lowest BCUT2D eigenvalue weighted by atomic mass is 9.63. The Bertz CT molecular complexity index is 228. The van der Waals surface area contributed by atoms with E-state index in [4.69, 9.17) is 0 Å². The van der Waals surface area contributed by atoms with Crippen molar-refractivity contribution in [3.63, 3.8) is 0 Å². The third kappa shape index (κ3) is 1.43. The third-order valence-electron chi connectivity index (χ3n) is 4.88. The Morgan fingerprint density at radius 3 is 2.93 bits per heavy atom. The smallest absolute Gasteiger partial charge is 0.0149 e. The van der Waals surface area contributed by atoms with E-state index in [2.05, 4.69) is 20.4 Å². The third-order valence-corrected chi connectivity index (χ3v) is 4.88. The standard InChI is InChI=1S/C14H24/c1-4-6-12-8-9-13-11(2)7-5-10-14(12,13)3/h12-13H,2,4-10H2,1,3H3/t12?,13-,14+/m0/s1. The first-order valence-electron chi connectivity index (χ1n) is 6.36. The average Bonchev–Trinajstić information content (AvgIpc) is 2.46. The SMILES string of the molecule is C=C1CCC[C@]2(C)C(CCC)CC[C@@H]12. The van der Waals surface area contributed by atoms with Crippen LogP contribution in [0.15, 0.2) is 12.2 Å². The summed E-state index contributed by atoms with van der Waals surface area (Å²) in [6.07, 6.45) is 9.86. The molecule has 0 aromatic carbocycles. The molecule has 2 aliphatic rings. The van der Waals surface area contributed by atoms with Gasteiger partial charge in [-0.05, 0) is 49.4 Å². The molecule has 0 amide bonds. The molecule has 0 aromatic heterocycles. The zero-order valence-electron chi connectivity index (χ0n) is 9.81. The number of hydrogen-bond acceptors (Lipinski definition) is 0. The van der Waals surface area contributed by atoms with Gasteiger partial charge in [0.05, 0.1) is 0 Å². The topological polar surface area (TPSA) is 0 Å². The van der Waals surface area contributed by atoms with E-state index in [1.807, 2.05) is 0 Å². The lowest BCUT2D eigenvalue weighted by Crippen LogP contribution is -2.32. The molecule has 0 spiro atoms. The Kier molecular flexibility index (Phi) is 2.72. The quantitative estimate of drug-likeness (QED) is 0.563. The first-order chi connectivity index (χ1) is 6.68. The highest BCUT2D eigenvalue weighted by molar-refractivity contribution is 5.14. The van der Waals surface area contributed by atoms with E-state index in [1.54, 1.807) is 5.57 Å². The molecule has 0 heterocycles. The minimum Gasteiger partial charge on any atom is -0.0996 e. The van der Waals surface area contributed by atoms with Gasteiger partial charge in [-0.3, -0.25) is 0 Å². The molecule has 0 heteroatoms. The summed E-state index contributed by atoms with van der Waals surface area (Å²) >= 11 is 0. The molecule has 2 rings (SSSR count). The van der Waals surface area contributed by atoms with Crippen LogP contribution in [0.2, 0.25) is 0 Å². The van der Waals surface area contributed by atoms with Gasteiger partial charge in [-0.25, -0.2) is 0 Å². The molecule has 0 aliphatic heterocycles. The van der Waals surface area contributed by atoms with Crippen LogP contribution in [-0.2, 0) is 0 Å². The number of hydrogen-bond donors (Lipinski definition) is 0. The summed E-state index contributed by atoms with van der Waals surface area (Å²) in [6.45, 7) is 9.16. The van der Waals surface area contributed by atoms with Crippen LogP contribution in [0.3, 0.4) is 0 Å². The van der Waals surface area contributed by atoms with Crippen molar-refractivity contribution in [1.29, 1.82) is 0 Å². The van der Waals surface area contributed by atoms with Crippen LogP contribution in [-0.4, -0.2) is 0 Å². The molecule has 14 heavy (non-hydrogen) atoms. The van der Waals surface area contributed by atoms with Gasteiger partial charge >= 0.3 is 0 Å². The Balaban J connectivity index is 2.16. The second-order valence-electron chi connectivity index (χ2n) is 5.63. The highest BCUT2D eigenvalue weighted by Gasteiger charge is 2.47. The maximum Gasteiger partial charge on any atom is -0.0149 e. The van der Waals surface area contributed by atoms with Gasteiger partial charge in [-0.2, -0.15) is 0 Å². The van der Waals surface area contributed by atoms with Crippen LogP contribution in [0.4, 0.5) is 0 Å². The van der Waals surface area contributed by atoms with E-state index in [-0.39, 0.29) is 0 Å². The van der Waals surface area contributed by atoms with Crippen molar-refractivity contribution in [3.8, 4) is 0 Å². The van der Waals surface area contributed by atoms with Crippen molar-refractivity contribution >= 4 is 0 Å². The Morgan fingerprint density at radius 1 is 1.43 bits per heavy atom. The highest BCUT2D eigenvalue weighted by atomic mass is 14.5. The van der Waals surface area contributed by atoms with Gasteiger partial charge in [0, 0.05) is 0 Å². The van der Waals surface area contributed by atoms with Crippen LogP contribution in [0.1, 0.15) is 58.8 Å². The molecule has 0 saturated heterocycles. The van der Waals surface area contributed by atoms with Gasteiger partial charge in [0.25, 0.3) is 0 Å². The maximum absolute atomic E-state index is 4.30. The van der Waals surface area contributed by atoms with Gasteiger partial charge in [-0.1, -0.05) is 38.8 Å². The summed E-state index contributed by atoms with van der Waals surface area (Å²) in [7, 11) is 0. The molecular weight excluding hydrogens is 168 g/mol. The van der Waals surface area contributed by atoms with E-state index in [1.165, 1.54) is 44.9 Å². The molecule has 2 aliphatic carbocycles. The predicted octanol–water partition coefficient (Wildman–Crippen LogP) is 4.56. The van der Waals surface area contributed by atoms with E-state index >= 15 is 0 Å². The lowest BCUT2D eigenvalue weighted by Gasteiger charge is -2.42. The molecular formula is C14H24. The summed E-state index contributed by atoms with van der Waals surface area (Å²) in [5.74, 6) is 1.86. The average molecular weight is 192 g/mol. The van der Waals surface area contributed by atoms with Crippen molar-refractivity contribution in [2.45, 2.75) is 58.8 Å². The van der Waals surface area contributed by atoms with E-state index in [9.17, 15) is 0 Å². The van der Waals surface area contributed by atoms with Crippen LogP contribution >= 0.6 is 0 Å². The zero-order valence-corrected chi connectivity index (χ0v) is 9.81. The first-order valence-corrected chi connectivity index (χ1v) is 6.36. The first kappa shape index (κ1) is 10.3. The van der Waals surface area contributed by atoms with E-state index in [0.717, 1.165) is 11.8 Å². The van der Waals surface area contributed by atoms with Crippen LogP contribution in [0.25, 0.3) is 0 Å². The fourth-order valence-corrected chi connectivity index (χ4v) is 4.05. The van der Waals surface area contributed by atoms with E-state index in [0.29, 0.717) is 5.41 Å². The summed E-state index contributed by atoms with van der Waals surface area (Å²) < 4.78 is 0. The Morgan fingerprint density at radius 2 is 2.21 bits per heavy atom. The monoisotopic (exact) mass is 192 g/mol.